The van der Waals surface area contributed by atoms with Crippen LogP contribution in [-0.2, 0) is 0 Å². The molecule has 0 aromatic heterocycles. The maximum absolute atomic E-state index is 10.3. The van der Waals surface area contributed by atoms with Crippen LogP contribution in [0.4, 0.5) is 0 Å². The second kappa shape index (κ2) is 6.58. The molecule has 3 heteroatoms. The Hall–Kier alpha value is -0.540. The predicted octanol–water partition coefficient (Wildman–Crippen LogP) is 4.46. The molecule has 0 aliphatic heterocycles. The number of hydrogen-bond donors (Lipinski definition) is 1. The Morgan fingerprint density at radius 1 is 1.33 bits per heavy atom. The molecule has 0 spiro atoms. The van der Waals surface area contributed by atoms with E-state index in [4.69, 9.17) is 4.74 Å². The Morgan fingerprint density at radius 2 is 2.06 bits per heavy atom. The average Bonchev–Trinajstić information content (AvgIpc) is 2.39. The van der Waals surface area contributed by atoms with Gasteiger partial charge in [0.15, 0.2) is 0 Å². The lowest BCUT2D eigenvalue weighted by atomic mass is 9.84. The van der Waals surface area contributed by atoms with E-state index in [1.54, 1.807) is 7.11 Å². The van der Waals surface area contributed by atoms with Crippen molar-refractivity contribution in [1.82, 2.24) is 0 Å². The highest BCUT2D eigenvalue weighted by atomic mass is 79.9. The van der Waals surface area contributed by atoms with Crippen LogP contribution in [0.5, 0.6) is 5.75 Å². The van der Waals surface area contributed by atoms with Crippen LogP contribution in [0.25, 0.3) is 0 Å². The van der Waals surface area contributed by atoms with Crippen molar-refractivity contribution in [2.45, 2.75) is 44.6 Å². The molecule has 0 saturated heterocycles. The van der Waals surface area contributed by atoms with Gasteiger partial charge < -0.3 is 9.84 Å². The molecular weight excluding hydrogens is 292 g/mol. The number of rotatable bonds is 4. The quantitative estimate of drug-likeness (QED) is 0.889. The smallest absolute Gasteiger partial charge is 0.133 e. The summed E-state index contributed by atoms with van der Waals surface area (Å²) in [5.41, 5.74) is 0.980. The summed E-state index contributed by atoms with van der Waals surface area (Å²) in [6, 6.07) is 5.83. The van der Waals surface area contributed by atoms with Gasteiger partial charge in [-0.25, -0.2) is 0 Å². The molecule has 1 aromatic carbocycles. The molecule has 1 N–H and O–H groups in total. The normalized spacial score (nSPS) is 18.6. The maximum atomic E-state index is 10.3. The van der Waals surface area contributed by atoms with Crippen molar-refractivity contribution in [2.75, 3.05) is 7.11 Å². The van der Waals surface area contributed by atoms with Gasteiger partial charge in [0.2, 0.25) is 0 Å². The van der Waals surface area contributed by atoms with Crippen LogP contribution in [0.15, 0.2) is 22.7 Å². The van der Waals surface area contributed by atoms with Crippen molar-refractivity contribution in [3.63, 3.8) is 0 Å². The summed E-state index contributed by atoms with van der Waals surface area (Å²) in [5, 5.41) is 10.3. The van der Waals surface area contributed by atoms with Gasteiger partial charge in [-0.15, -0.1) is 0 Å². The number of methoxy groups -OCH3 is 1. The minimum Gasteiger partial charge on any atom is -0.496 e. The Balaban J connectivity index is 1.99. The van der Waals surface area contributed by atoms with Gasteiger partial charge >= 0.3 is 0 Å². The summed E-state index contributed by atoms with van der Waals surface area (Å²) in [5.74, 6) is 1.50. The zero-order valence-corrected chi connectivity index (χ0v) is 12.4. The van der Waals surface area contributed by atoms with E-state index in [-0.39, 0.29) is 6.10 Å². The molecule has 0 bridgehead atoms. The van der Waals surface area contributed by atoms with Crippen LogP contribution in [-0.4, -0.2) is 12.2 Å². The molecule has 1 unspecified atom stereocenters. The lowest BCUT2D eigenvalue weighted by Gasteiger charge is -2.24. The lowest BCUT2D eigenvalue weighted by Crippen LogP contribution is -2.11. The van der Waals surface area contributed by atoms with Crippen molar-refractivity contribution in [1.29, 1.82) is 0 Å². The van der Waals surface area contributed by atoms with Gasteiger partial charge in [-0.05, 0) is 46.0 Å². The molecule has 1 saturated carbocycles. The van der Waals surface area contributed by atoms with Gasteiger partial charge in [-0.2, -0.15) is 0 Å². The third-order valence-corrected chi connectivity index (χ3v) is 4.46. The largest absolute Gasteiger partial charge is 0.496 e. The summed E-state index contributed by atoms with van der Waals surface area (Å²) in [7, 11) is 1.65. The summed E-state index contributed by atoms with van der Waals surface area (Å²) in [4.78, 5) is 0. The standard InChI is InChI=1S/C15H21BrO2/c1-18-15-8-7-12(10-13(15)16)14(17)9-11-5-3-2-4-6-11/h7-8,10-11,14,17H,2-6,9H2,1H3. The van der Waals surface area contributed by atoms with E-state index in [1.165, 1.54) is 32.1 Å². The van der Waals surface area contributed by atoms with Crippen LogP contribution in [0.3, 0.4) is 0 Å². The second-order valence-corrected chi connectivity index (χ2v) is 6.00. The van der Waals surface area contributed by atoms with Crippen LogP contribution >= 0.6 is 15.9 Å². The Kier molecular flexibility index (Phi) is 5.07. The number of ether oxygens (including phenoxy) is 1. The van der Waals surface area contributed by atoms with Crippen molar-refractivity contribution < 1.29 is 9.84 Å². The van der Waals surface area contributed by atoms with E-state index in [0.29, 0.717) is 5.92 Å². The maximum Gasteiger partial charge on any atom is 0.133 e. The first-order chi connectivity index (χ1) is 8.70. The second-order valence-electron chi connectivity index (χ2n) is 5.15. The zero-order valence-electron chi connectivity index (χ0n) is 10.9. The van der Waals surface area contributed by atoms with E-state index in [1.807, 2.05) is 18.2 Å². The molecule has 2 rings (SSSR count). The van der Waals surface area contributed by atoms with Gasteiger partial charge in [0.05, 0.1) is 17.7 Å². The molecular formula is C15H21BrO2. The first-order valence-corrected chi connectivity index (χ1v) is 7.51. The molecule has 1 aliphatic carbocycles. The molecule has 18 heavy (non-hydrogen) atoms. The van der Waals surface area contributed by atoms with Gasteiger partial charge in [-0.1, -0.05) is 38.2 Å². The molecule has 1 atom stereocenters. The highest BCUT2D eigenvalue weighted by Gasteiger charge is 2.19. The molecule has 0 heterocycles. The predicted molar refractivity (Wildman–Crippen MR) is 76.8 cm³/mol. The fourth-order valence-electron chi connectivity index (χ4n) is 2.76. The first-order valence-electron chi connectivity index (χ1n) is 6.72. The molecule has 1 aromatic rings. The van der Waals surface area contributed by atoms with E-state index in [9.17, 15) is 5.11 Å². The molecule has 2 nitrogen and oxygen atoms in total. The summed E-state index contributed by atoms with van der Waals surface area (Å²) in [6.07, 6.45) is 7.09. The fraction of sp³-hybridized carbons (Fsp3) is 0.600. The SMILES string of the molecule is COc1ccc(C(O)CC2CCCCC2)cc1Br. The van der Waals surface area contributed by atoms with Crippen molar-refractivity contribution in [3.8, 4) is 5.75 Å². The summed E-state index contributed by atoms with van der Waals surface area (Å²) < 4.78 is 6.11. The number of halogens is 1. The van der Waals surface area contributed by atoms with E-state index in [2.05, 4.69) is 15.9 Å². The molecule has 0 radical (unpaired) electrons. The molecule has 0 amide bonds. The highest BCUT2D eigenvalue weighted by molar-refractivity contribution is 9.10. The van der Waals surface area contributed by atoms with Crippen molar-refractivity contribution in [3.05, 3.63) is 28.2 Å². The van der Waals surface area contributed by atoms with E-state index in [0.717, 1.165) is 22.2 Å². The highest BCUT2D eigenvalue weighted by Crippen LogP contribution is 2.34. The van der Waals surface area contributed by atoms with Gasteiger partial charge in [0.1, 0.15) is 5.75 Å². The Morgan fingerprint density at radius 3 is 2.67 bits per heavy atom. The van der Waals surface area contributed by atoms with E-state index < -0.39 is 0 Å². The summed E-state index contributed by atoms with van der Waals surface area (Å²) in [6.45, 7) is 0. The first kappa shape index (κ1) is 13.9. The zero-order chi connectivity index (χ0) is 13.0. The fourth-order valence-corrected chi connectivity index (χ4v) is 3.32. The molecule has 1 fully saturated rings. The van der Waals surface area contributed by atoms with Gasteiger partial charge in [0.25, 0.3) is 0 Å². The van der Waals surface area contributed by atoms with Crippen LogP contribution in [0.2, 0.25) is 0 Å². The minimum absolute atomic E-state index is 0.352. The minimum atomic E-state index is -0.352. The molecule has 1 aliphatic rings. The number of aliphatic hydroxyl groups excluding tert-OH is 1. The number of aliphatic hydroxyl groups is 1. The third kappa shape index (κ3) is 3.48. The van der Waals surface area contributed by atoms with Crippen molar-refractivity contribution >= 4 is 15.9 Å². The summed E-state index contributed by atoms with van der Waals surface area (Å²) >= 11 is 3.46. The number of benzene rings is 1. The Labute approximate surface area is 117 Å². The van der Waals surface area contributed by atoms with Gasteiger partial charge in [-0.3, -0.25) is 0 Å². The van der Waals surface area contributed by atoms with Crippen LogP contribution < -0.4 is 4.74 Å². The van der Waals surface area contributed by atoms with Crippen LogP contribution in [0, 0.1) is 5.92 Å². The van der Waals surface area contributed by atoms with E-state index >= 15 is 0 Å². The third-order valence-electron chi connectivity index (χ3n) is 3.84. The van der Waals surface area contributed by atoms with Crippen molar-refractivity contribution in [2.24, 2.45) is 5.92 Å². The average molecular weight is 313 g/mol. The van der Waals surface area contributed by atoms with Gasteiger partial charge in [0, 0.05) is 0 Å². The monoisotopic (exact) mass is 312 g/mol. The van der Waals surface area contributed by atoms with Crippen LogP contribution in [0.1, 0.15) is 50.2 Å². The lowest BCUT2D eigenvalue weighted by molar-refractivity contribution is 0.131. The number of hydrogen-bond acceptors (Lipinski definition) is 2. The Bertz CT molecular complexity index is 386. The molecule has 100 valence electrons. The topological polar surface area (TPSA) is 29.5 Å².